The normalized spacial score (nSPS) is 10.7. The molecular formula is C20H18FNO. The molecule has 0 unspecified atom stereocenters. The fourth-order valence-corrected chi connectivity index (χ4v) is 2.71. The maximum atomic E-state index is 13.3. The van der Waals surface area contributed by atoms with E-state index in [0.717, 1.165) is 16.8 Å². The van der Waals surface area contributed by atoms with Crippen molar-refractivity contribution in [3.05, 3.63) is 93.8 Å². The molecule has 3 heteroatoms. The molecule has 0 spiro atoms. The summed E-state index contributed by atoms with van der Waals surface area (Å²) in [7, 11) is 0. The van der Waals surface area contributed by atoms with Crippen LogP contribution < -0.4 is 5.56 Å². The van der Waals surface area contributed by atoms with Crippen LogP contribution in [-0.4, -0.2) is 4.57 Å². The fourth-order valence-electron chi connectivity index (χ4n) is 2.71. The Morgan fingerprint density at radius 3 is 2.17 bits per heavy atom. The summed E-state index contributed by atoms with van der Waals surface area (Å²) < 4.78 is 15.0. The van der Waals surface area contributed by atoms with Crippen molar-refractivity contribution in [2.75, 3.05) is 0 Å². The highest BCUT2D eigenvalue weighted by Gasteiger charge is 2.13. The Kier molecular flexibility index (Phi) is 4.38. The number of aromatic nitrogens is 1. The Morgan fingerprint density at radius 1 is 0.957 bits per heavy atom. The first-order valence-corrected chi connectivity index (χ1v) is 7.59. The summed E-state index contributed by atoms with van der Waals surface area (Å²) in [6, 6.07) is 21.2. The van der Waals surface area contributed by atoms with Crippen molar-refractivity contribution < 1.29 is 4.39 Å². The molecule has 0 aliphatic carbocycles. The van der Waals surface area contributed by atoms with Crippen LogP contribution in [0.4, 0.5) is 4.39 Å². The first-order valence-electron chi connectivity index (χ1n) is 7.59. The molecule has 0 radical (unpaired) electrons. The number of nitrogens with zero attached hydrogens (tertiary/aromatic N) is 1. The van der Waals surface area contributed by atoms with Gasteiger partial charge in [-0.05, 0) is 29.7 Å². The second kappa shape index (κ2) is 6.61. The van der Waals surface area contributed by atoms with Crippen LogP contribution >= 0.6 is 0 Å². The van der Waals surface area contributed by atoms with E-state index in [1.165, 1.54) is 0 Å². The molecule has 0 N–H and O–H groups in total. The van der Waals surface area contributed by atoms with Crippen LogP contribution in [0.5, 0.6) is 0 Å². The summed E-state index contributed by atoms with van der Waals surface area (Å²) in [5.74, 6) is 0. The lowest BCUT2D eigenvalue weighted by Gasteiger charge is -2.16. The van der Waals surface area contributed by atoms with E-state index in [1.54, 1.807) is 17.6 Å². The van der Waals surface area contributed by atoms with Gasteiger partial charge < -0.3 is 4.57 Å². The van der Waals surface area contributed by atoms with Crippen molar-refractivity contribution in [3.8, 4) is 11.3 Å². The Bertz CT molecular complexity index is 854. The topological polar surface area (TPSA) is 22.0 Å². The van der Waals surface area contributed by atoms with Gasteiger partial charge in [-0.25, -0.2) is 4.39 Å². The zero-order valence-corrected chi connectivity index (χ0v) is 13.0. The van der Waals surface area contributed by atoms with Crippen molar-refractivity contribution in [2.24, 2.45) is 0 Å². The Labute approximate surface area is 134 Å². The Morgan fingerprint density at radius 2 is 1.57 bits per heavy atom. The van der Waals surface area contributed by atoms with E-state index >= 15 is 0 Å². The van der Waals surface area contributed by atoms with Crippen LogP contribution in [0, 0.1) is 6.92 Å². The highest BCUT2D eigenvalue weighted by Crippen LogP contribution is 2.22. The molecule has 3 rings (SSSR count). The van der Waals surface area contributed by atoms with Crippen molar-refractivity contribution in [2.45, 2.75) is 20.1 Å². The van der Waals surface area contributed by atoms with Gasteiger partial charge >= 0.3 is 0 Å². The zero-order valence-electron chi connectivity index (χ0n) is 13.0. The van der Waals surface area contributed by atoms with Crippen LogP contribution in [0.2, 0.25) is 0 Å². The van der Waals surface area contributed by atoms with Crippen molar-refractivity contribution >= 4 is 0 Å². The molecule has 0 bridgehead atoms. The predicted octanol–water partition coefficient (Wildman–Crippen LogP) is 4.34. The average Bonchev–Trinajstić information content (AvgIpc) is 2.61. The Balaban J connectivity index is 2.20. The fraction of sp³-hybridized carbons (Fsp3) is 0.150. The average molecular weight is 307 g/mol. The monoisotopic (exact) mass is 307 g/mol. The molecular weight excluding hydrogens is 289 g/mol. The van der Waals surface area contributed by atoms with Crippen molar-refractivity contribution in [1.82, 2.24) is 4.57 Å². The lowest BCUT2D eigenvalue weighted by molar-refractivity contribution is 0.482. The summed E-state index contributed by atoms with van der Waals surface area (Å²) in [4.78, 5) is 12.7. The summed E-state index contributed by atoms with van der Waals surface area (Å²) >= 11 is 0. The van der Waals surface area contributed by atoms with Crippen LogP contribution in [0.1, 0.15) is 16.7 Å². The lowest BCUT2D eigenvalue weighted by Crippen LogP contribution is -2.25. The molecule has 0 aliphatic heterocycles. The second-order valence-electron chi connectivity index (χ2n) is 5.56. The van der Waals surface area contributed by atoms with Gasteiger partial charge in [0.15, 0.2) is 0 Å². The third-order valence-corrected chi connectivity index (χ3v) is 4.05. The van der Waals surface area contributed by atoms with Gasteiger partial charge in [-0.15, -0.1) is 0 Å². The molecule has 23 heavy (non-hydrogen) atoms. The number of pyridine rings is 1. The largest absolute Gasteiger partial charge is 0.304 e. The van der Waals surface area contributed by atoms with Gasteiger partial charge in [0.1, 0.15) is 6.67 Å². The molecule has 0 atom stereocenters. The van der Waals surface area contributed by atoms with E-state index in [4.69, 9.17) is 0 Å². The maximum Gasteiger partial charge on any atom is 0.254 e. The second-order valence-corrected chi connectivity index (χ2v) is 5.56. The molecule has 0 aliphatic rings. The van der Waals surface area contributed by atoms with E-state index in [1.807, 2.05) is 60.7 Å². The first-order chi connectivity index (χ1) is 11.2. The minimum atomic E-state index is -0.632. The SMILES string of the molecule is Cc1c(CF)cc(-c2ccccc2)n(Cc2ccccc2)c1=O. The summed E-state index contributed by atoms with van der Waals surface area (Å²) in [6.45, 7) is 1.53. The summed E-state index contributed by atoms with van der Waals surface area (Å²) in [5.41, 5.74) is 3.50. The molecule has 2 nitrogen and oxygen atoms in total. The molecule has 3 aromatic rings. The van der Waals surface area contributed by atoms with Gasteiger partial charge in [-0.1, -0.05) is 60.7 Å². The Hall–Kier alpha value is -2.68. The maximum absolute atomic E-state index is 13.3. The van der Waals surface area contributed by atoms with E-state index < -0.39 is 6.67 Å². The molecule has 1 heterocycles. The number of halogens is 1. The van der Waals surface area contributed by atoms with E-state index in [2.05, 4.69) is 0 Å². The van der Waals surface area contributed by atoms with Crippen LogP contribution in [0.15, 0.2) is 71.5 Å². The molecule has 116 valence electrons. The molecule has 0 fully saturated rings. The first kappa shape index (κ1) is 15.2. The molecule has 0 saturated heterocycles. The van der Waals surface area contributed by atoms with Gasteiger partial charge in [-0.3, -0.25) is 4.79 Å². The standard InChI is InChI=1S/C20H18FNO/c1-15-18(13-21)12-19(17-10-6-3-7-11-17)22(20(15)23)14-16-8-4-2-5-9-16/h2-12H,13-14H2,1H3. The highest BCUT2D eigenvalue weighted by atomic mass is 19.1. The van der Waals surface area contributed by atoms with Gasteiger partial charge in [0.25, 0.3) is 5.56 Å². The third-order valence-electron chi connectivity index (χ3n) is 4.05. The van der Waals surface area contributed by atoms with E-state index in [9.17, 15) is 9.18 Å². The van der Waals surface area contributed by atoms with Crippen molar-refractivity contribution in [3.63, 3.8) is 0 Å². The quantitative estimate of drug-likeness (QED) is 0.702. The molecule has 1 aromatic heterocycles. The number of hydrogen-bond donors (Lipinski definition) is 0. The number of alkyl halides is 1. The predicted molar refractivity (Wildman–Crippen MR) is 91.2 cm³/mol. The van der Waals surface area contributed by atoms with Gasteiger partial charge in [0.05, 0.1) is 12.2 Å². The highest BCUT2D eigenvalue weighted by molar-refractivity contribution is 5.61. The number of rotatable bonds is 4. The number of benzene rings is 2. The summed E-state index contributed by atoms with van der Waals surface area (Å²) in [6.07, 6.45) is 0. The van der Waals surface area contributed by atoms with Gasteiger partial charge in [-0.2, -0.15) is 0 Å². The molecule has 0 saturated carbocycles. The van der Waals surface area contributed by atoms with Crippen LogP contribution in [-0.2, 0) is 13.2 Å². The van der Waals surface area contributed by atoms with Gasteiger partial charge in [0.2, 0.25) is 0 Å². The summed E-state index contributed by atoms with van der Waals surface area (Å²) in [5, 5.41) is 0. The molecule has 2 aromatic carbocycles. The minimum Gasteiger partial charge on any atom is -0.304 e. The van der Waals surface area contributed by atoms with Crippen LogP contribution in [0.25, 0.3) is 11.3 Å². The third kappa shape index (κ3) is 3.09. The lowest BCUT2D eigenvalue weighted by atomic mass is 10.0. The van der Waals surface area contributed by atoms with Crippen LogP contribution in [0.3, 0.4) is 0 Å². The zero-order chi connectivity index (χ0) is 16.2. The molecule has 0 amide bonds. The van der Waals surface area contributed by atoms with E-state index in [-0.39, 0.29) is 5.56 Å². The number of hydrogen-bond acceptors (Lipinski definition) is 1. The van der Waals surface area contributed by atoms with Crippen molar-refractivity contribution in [1.29, 1.82) is 0 Å². The minimum absolute atomic E-state index is 0.136. The van der Waals surface area contributed by atoms with Gasteiger partial charge in [0, 0.05) is 5.56 Å². The smallest absolute Gasteiger partial charge is 0.254 e. The van der Waals surface area contributed by atoms with E-state index in [0.29, 0.717) is 17.7 Å².